The lowest BCUT2D eigenvalue weighted by molar-refractivity contribution is 0.102. The number of halogens is 2. The van der Waals surface area contributed by atoms with Gasteiger partial charge < -0.3 is 0 Å². The molecule has 0 N–H and O–H groups in total. The molecule has 0 saturated carbocycles. The fraction of sp³-hybridized carbons (Fsp3) is 0.0588. The molecule has 2 nitrogen and oxygen atoms in total. The van der Waals surface area contributed by atoms with E-state index < -0.39 is 0 Å². The number of Topliss-reactive ketones (excluding diaryl/α,β-unsaturated/α-hetero) is 1. The third kappa shape index (κ3) is 2.71. The molecular formula is C17H11BrClNO. The van der Waals surface area contributed by atoms with Crippen molar-refractivity contribution in [3.8, 4) is 11.3 Å². The Morgan fingerprint density at radius 3 is 2.52 bits per heavy atom. The molecule has 4 heteroatoms. The minimum Gasteiger partial charge on any atom is -0.293 e. The Bertz CT molecular complexity index is 818. The van der Waals surface area contributed by atoms with Crippen LogP contribution in [0.3, 0.4) is 0 Å². The van der Waals surface area contributed by atoms with Crippen LogP contribution in [0.2, 0.25) is 5.02 Å². The van der Waals surface area contributed by atoms with E-state index in [-0.39, 0.29) is 11.1 Å². The summed E-state index contributed by atoms with van der Waals surface area (Å²) in [6.07, 6.45) is 0. The van der Waals surface area contributed by atoms with Crippen LogP contribution in [0.5, 0.6) is 0 Å². The van der Waals surface area contributed by atoms with E-state index in [0.717, 1.165) is 16.6 Å². The molecule has 0 bridgehead atoms. The lowest BCUT2D eigenvalue weighted by atomic mass is 10.0. The van der Waals surface area contributed by atoms with Crippen LogP contribution in [-0.2, 0) is 0 Å². The fourth-order valence-corrected chi connectivity index (χ4v) is 2.78. The molecule has 0 amide bonds. The molecule has 21 heavy (non-hydrogen) atoms. The van der Waals surface area contributed by atoms with Crippen molar-refractivity contribution in [1.29, 1.82) is 0 Å². The molecule has 0 aliphatic rings. The molecule has 0 spiro atoms. The van der Waals surface area contributed by atoms with Crippen LogP contribution in [-0.4, -0.2) is 16.1 Å². The molecule has 0 aliphatic heterocycles. The van der Waals surface area contributed by atoms with Crippen LogP contribution in [0.4, 0.5) is 0 Å². The fourth-order valence-electron chi connectivity index (χ4n) is 2.27. The summed E-state index contributed by atoms with van der Waals surface area (Å²) in [5.41, 5.74) is 3.16. The zero-order valence-corrected chi connectivity index (χ0v) is 13.4. The Balaban J connectivity index is 2.23. The predicted molar refractivity (Wildman–Crippen MR) is 90.3 cm³/mol. The van der Waals surface area contributed by atoms with Gasteiger partial charge in [-0.05, 0) is 24.3 Å². The number of hydrogen-bond donors (Lipinski definition) is 0. The molecule has 0 fully saturated rings. The summed E-state index contributed by atoms with van der Waals surface area (Å²) < 4.78 is 0. The largest absolute Gasteiger partial charge is 0.293 e. The van der Waals surface area contributed by atoms with E-state index in [0.29, 0.717) is 16.1 Å². The first kappa shape index (κ1) is 14.2. The van der Waals surface area contributed by atoms with Crippen molar-refractivity contribution in [1.82, 2.24) is 4.98 Å². The second-order valence-corrected chi connectivity index (χ2v) is 5.58. The Kier molecular flexibility index (Phi) is 4.04. The van der Waals surface area contributed by atoms with Gasteiger partial charge in [0.25, 0.3) is 0 Å². The highest BCUT2D eigenvalue weighted by Crippen LogP contribution is 2.28. The zero-order valence-electron chi connectivity index (χ0n) is 11.0. The van der Waals surface area contributed by atoms with Gasteiger partial charge in [0.2, 0.25) is 0 Å². The first-order valence-corrected chi connectivity index (χ1v) is 7.94. The van der Waals surface area contributed by atoms with Gasteiger partial charge in [-0.3, -0.25) is 4.79 Å². The number of pyridine rings is 1. The standard InChI is InChI=1S/C17H11BrClNO/c18-10-16(21)12-6-8-14(19)17-13(12)7-9-15(20-17)11-4-2-1-3-5-11/h1-9H,10H2. The Labute approximate surface area is 135 Å². The van der Waals surface area contributed by atoms with Gasteiger partial charge in [-0.1, -0.05) is 57.9 Å². The van der Waals surface area contributed by atoms with Gasteiger partial charge in [0.05, 0.1) is 21.6 Å². The van der Waals surface area contributed by atoms with E-state index in [4.69, 9.17) is 11.6 Å². The average Bonchev–Trinajstić information content (AvgIpc) is 2.55. The van der Waals surface area contributed by atoms with E-state index in [1.165, 1.54) is 0 Å². The number of rotatable bonds is 3. The van der Waals surface area contributed by atoms with E-state index >= 15 is 0 Å². The number of benzene rings is 2. The summed E-state index contributed by atoms with van der Waals surface area (Å²) in [5.74, 6) is 0.0194. The molecular weight excluding hydrogens is 350 g/mol. The van der Waals surface area contributed by atoms with Crippen molar-refractivity contribution in [3.05, 3.63) is 65.2 Å². The Morgan fingerprint density at radius 2 is 1.81 bits per heavy atom. The first-order valence-electron chi connectivity index (χ1n) is 6.44. The molecule has 3 aromatic rings. The van der Waals surface area contributed by atoms with Gasteiger partial charge in [0.1, 0.15) is 0 Å². The van der Waals surface area contributed by atoms with Gasteiger partial charge in [-0.2, -0.15) is 0 Å². The van der Waals surface area contributed by atoms with Gasteiger partial charge in [-0.25, -0.2) is 4.98 Å². The highest BCUT2D eigenvalue weighted by atomic mass is 79.9. The van der Waals surface area contributed by atoms with Crippen molar-refractivity contribution >= 4 is 44.2 Å². The summed E-state index contributed by atoms with van der Waals surface area (Å²) in [6, 6.07) is 17.2. The van der Waals surface area contributed by atoms with Gasteiger partial charge >= 0.3 is 0 Å². The van der Waals surface area contributed by atoms with Crippen LogP contribution in [0.1, 0.15) is 10.4 Å². The second-order valence-electron chi connectivity index (χ2n) is 4.61. The van der Waals surface area contributed by atoms with Crippen molar-refractivity contribution < 1.29 is 4.79 Å². The van der Waals surface area contributed by atoms with Gasteiger partial charge in [-0.15, -0.1) is 0 Å². The summed E-state index contributed by atoms with van der Waals surface area (Å²) in [6.45, 7) is 0. The van der Waals surface area contributed by atoms with Crippen LogP contribution >= 0.6 is 27.5 Å². The summed E-state index contributed by atoms with van der Waals surface area (Å²) >= 11 is 9.45. The first-order chi connectivity index (χ1) is 10.2. The Morgan fingerprint density at radius 1 is 1.05 bits per heavy atom. The minimum absolute atomic E-state index is 0.0194. The molecule has 3 rings (SSSR count). The van der Waals surface area contributed by atoms with Crippen LogP contribution in [0, 0.1) is 0 Å². The topological polar surface area (TPSA) is 30.0 Å². The SMILES string of the molecule is O=C(CBr)c1ccc(Cl)c2nc(-c3ccccc3)ccc12. The molecule has 1 aromatic heterocycles. The van der Waals surface area contributed by atoms with Crippen molar-refractivity contribution in [2.45, 2.75) is 0 Å². The van der Waals surface area contributed by atoms with Crippen molar-refractivity contribution in [2.24, 2.45) is 0 Å². The molecule has 0 radical (unpaired) electrons. The molecule has 0 unspecified atom stereocenters. The number of ketones is 1. The summed E-state index contributed by atoms with van der Waals surface area (Å²) in [7, 11) is 0. The molecule has 0 saturated heterocycles. The van der Waals surface area contributed by atoms with E-state index in [1.807, 2.05) is 42.5 Å². The minimum atomic E-state index is 0.0194. The second kappa shape index (κ2) is 5.96. The third-order valence-corrected chi connectivity index (χ3v) is 4.11. The third-order valence-electron chi connectivity index (χ3n) is 3.30. The average molecular weight is 361 g/mol. The number of nitrogens with zero attached hydrogens (tertiary/aromatic N) is 1. The van der Waals surface area contributed by atoms with E-state index in [1.54, 1.807) is 12.1 Å². The van der Waals surface area contributed by atoms with Crippen molar-refractivity contribution in [3.63, 3.8) is 0 Å². The highest BCUT2D eigenvalue weighted by Gasteiger charge is 2.12. The number of hydrogen-bond acceptors (Lipinski definition) is 2. The summed E-state index contributed by atoms with van der Waals surface area (Å²) in [4.78, 5) is 16.6. The smallest absolute Gasteiger partial charge is 0.174 e. The molecule has 0 atom stereocenters. The molecule has 0 aliphatic carbocycles. The number of carbonyl (C=O) groups excluding carboxylic acids is 1. The van der Waals surface area contributed by atoms with Gasteiger partial charge in [0, 0.05) is 16.5 Å². The maximum atomic E-state index is 12.0. The maximum Gasteiger partial charge on any atom is 0.174 e. The molecule has 104 valence electrons. The summed E-state index contributed by atoms with van der Waals surface area (Å²) in [5, 5.41) is 1.62. The monoisotopic (exact) mass is 359 g/mol. The molecule has 1 heterocycles. The molecule has 2 aromatic carbocycles. The normalized spacial score (nSPS) is 10.8. The van der Waals surface area contributed by atoms with Gasteiger partial charge in [0.15, 0.2) is 5.78 Å². The lowest BCUT2D eigenvalue weighted by Crippen LogP contribution is -2.01. The quantitative estimate of drug-likeness (QED) is 0.478. The van der Waals surface area contributed by atoms with Crippen LogP contribution in [0.25, 0.3) is 22.2 Å². The number of fused-ring (bicyclic) bond motifs is 1. The number of alkyl halides is 1. The lowest BCUT2D eigenvalue weighted by Gasteiger charge is -2.08. The zero-order chi connectivity index (χ0) is 14.8. The predicted octanol–water partition coefficient (Wildman–Crippen LogP) is 5.13. The Hall–Kier alpha value is -1.71. The van der Waals surface area contributed by atoms with Crippen molar-refractivity contribution in [2.75, 3.05) is 5.33 Å². The van der Waals surface area contributed by atoms with E-state index in [9.17, 15) is 4.79 Å². The highest BCUT2D eigenvalue weighted by molar-refractivity contribution is 9.09. The number of carbonyl (C=O) groups is 1. The van der Waals surface area contributed by atoms with E-state index in [2.05, 4.69) is 20.9 Å². The maximum absolute atomic E-state index is 12.0. The van der Waals surface area contributed by atoms with Crippen LogP contribution in [0.15, 0.2) is 54.6 Å². The number of aromatic nitrogens is 1. The van der Waals surface area contributed by atoms with Crippen LogP contribution < -0.4 is 0 Å².